The van der Waals surface area contributed by atoms with Gasteiger partial charge in [-0.1, -0.05) is 18.2 Å². The van der Waals surface area contributed by atoms with E-state index in [0.717, 1.165) is 17.8 Å². The number of hydrogen-bond donors (Lipinski definition) is 1. The fourth-order valence-corrected chi connectivity index (χ4v) is 1.73. The smallest absolute Gasteiger partial charge is 0.126 e. The van der Waals surface area contributed by atoms with Gasteiger partial charge in [-0.05, 0) is 43.2 Å². The van der Waals surface area contributed by atoms with Crippen LogP contribution in [0.5, 0.6) is 0 Å². The SMILES string of the molecule is CC(Cc1ccc(F)cc1)Nc1ccccn1. The second-order valence-electron chi connectivity index (χ2n) is 4.09. The molecule has 0 aliphatic carbocycles. The highest BCUT2D eigenvalue weighted by Gasteiger charge is 2.04. The Kier molecular flexibility index (Phi) is 3.70. The summed E-state index contributed by atoms with van der Waals surface area (Å²) in [5, 5.41) is 3.30. The van der Waals surface area contributed by atoms with Crippen molar-refractivity contribution in [3.05, 3.63) is 60.0 Å². The Bertz CT molecular complexity index is 453. The van der Waals surface area contributed by atoms with E-state index in [1.807, 2.05) is 30.3 Å². The molecular formula is C14H15FN2. The number of nitrogens with zero attached hydrogens (tertiary/aromatic N) is 1. The topological polar surface area (TPSA) is 24.9 Å². The van der Waals surface area contributed by atoms with Crippen molar-refractivity contribution in [1.82, 2.24) is 4.98 Å². The van der Waals surface area contributed by atoms with E-state index < -0.39 is 0 Å². The van der Waals surface area contributed by atoms with Crippen LogP contribution in [0.3, 0.4) is 0 Å². The van der Waals surface area contributed by atoms with E-state index in [0.29, 0.717) is 0 Å². The van der Waals surface area contributed by atoms with Gasteiger partial charge in [-0.3, -0.25) is 0 Å². The van der Waals surface area contributed by atoms with Crippen LogP contribution in [0.2, 0.25) is 0 Å². The van der Waals surface area contributed by atoms with Crippen molar-refractivity contribution in [3.8, 4) is 0 Å². The summed E-state index contributed by atoms with van der Waals surface area (Å²) in [6.45, 7) is 2.08. The van der Waals surface area contributed by atoms with E-state index in [-0.39, 0.29) is 11.9 Å². The maximum atomic E-state index is 12.7. The van der Waals surface area contributed by atoms with Crippen molar-refractivity contribution < 1.29 is 4.39 Å². The first-order valence-electron chi connectivity index (χ1n) is 5.66. The average Bonchev–Trinajstić information content (AvgIpc) is 2.33. The molecule has 0 amide bonds. The summed E-state index contributed by atoms with van der Waals surface area (Å²) in [6, 6.07) is 12.6. The van der Waals surface area contributed by atoms with Crippen LogP contribution in [0.4, 0.5) is 10.2 Å². The number of pyridine rings is 1. The number of anilines is 1. The molecule has 2 nitrogen and oxygen atoms in total. The molecule has 0 aliphatic rings. The molecule has 3 heteroatoms. The van der Waals surface area contributed by atoms with Crippen LogP contribution in [0, 0.1) is 5.82 Å². The van der Waals surface area contributed by atoms with Crippen molar-refractivity contribution in [1.29, 1.82) is 0 Å². The fraction of sp³-hybridized carbons (Fsp3) is 0.214. The molecule has 0 aliphatic heterocycles. The molecule has 1 heterocycles. The van der Waals surface area contributed by atoms with Gasteiger partial charge in [0.1, 0.15) is 11.6 Å². The molecule has 1 unspecified atom stereocenters. The monoisotopic (exact) mass is 230 g/mol. The zero-order valence-electron chi connectivity index (χ0n) is 9.73. The predicted octanol–water partition coefficient (Wildman–Crippen LogP) is 3.26. The molecule has 88 valence electrons. The fourth-order valence-electron chi connectivity index (χ4n) is 1.73. The van der Waals surface area contributed by atoms with E-state index in [2.05, 4.69) is 17.2 Å². The molecule has 0 saturated heterocycles. The third-order valence-electron chi connectivity index (χ3n) is 2.51. The summed E-state index contributed by atoms with van der Waals surface area (Å²) < 4.78 is 12.7. The van der Waals surface area contributed by atoms with Gasteiger partial charge >= 0.3 is 0 Å². The first kappa shape index (κ1) is 11.6. The Morgan fingerprint density at radius 1 is 1.18 bits per heavy atom. The zero-order valence-corrected chi connectivity index (χ0v) is 9.73. The van der Waals surface area contributed by atoms with Crippen molar-refractivity contribution >= 4 is 5.82 Å². The molecule has 0 saturated carbocycles. The van der Waals surface area contributed by atoms with E-state index >= 15 is 0 Å². The first-order chi connectivity index (χ1) is 8.24. The molecule has 1 atom stereocenters. The Morgan fingerprint density at radius 2 is 1.94 bits per heavy atom. The second-order valence-corrected chi connectivity index (χ2v) is 4.09. The van der Waals surface area contributed by atoms with Gasteiger partial charge in [0.2, 0.25) is 0 Å². The normalized spacial score (nSPS) is 12.1. The summed E-state index contributed by atoms with van der Waals surface area (Å²) in [6.07, 6.45) is 2.60. The van der Waals surface area contributed by atoms with Crippen LogP contribution in [0.25, 0.3) is 0 Å². The molecular weight excluding hydrogens is 215 g/mol. The van der Waals surface area contributed by atoms with Crippen LogP contribution >= 0.6 is 0 Å². The third-order valence-corrected chi connectivity index (χ3v) is 2.51. The van der Waals surface area contributed by atoms with Gasteiger partial charge in [0.05, 0.1) is 0 Å². The van der Waals surface area contributed by atoms with Crippen molar-refractivity contribution in [2.24, 2.45) is 0 Å². The Hall–Kier alpha value is -1.90. The molecule has 1 N–H and O–H groups in total. The number of hydrogen-bond acceptors (Lipinski definition) is 2. The molecule has 1 aromatic heterocycles. The minimum Gasteiger partial charge on any atom is -0.367 e. The highest BCUT2D eigenvalue weighted by molar-refractivity contribution is 5.35. The molecule has 2 rings (SSSR count). The van der Waals surface area contributed by atoms with Gasteiger partial charge < -0.3 is 5.32 Å². The Morgan fingerprint density at radius 3 is 2.59 bits per heavy atom. The minimum atomic E-state index is -0.195. The summed E-state index contributed by atoms with van der Waals surface area (Å²) in [4.78, 5) is 4.20. The number of nitrogens with one attached hydrogen (secondary N) is 1. The lowest BCUT2D eigenvalue weighted by molar-refractivity contribution is 0.626. The number of aromatic nitrogens is 1. The average molecular weight is 230 g/mol. The van der Waals surface area contributed by atoms with Crippen molar-refractivity contribution in [2.75, 3.05) is 5.32 Å². The highest BCUT2D eigenvalue weighted by Crippen LogP contribution is 2.09. The first-order valence-corrected chi connectivity index (χ1v) is 5.66. The Balaban J connectivity index is 1.93. The molecule has 0 bridgehead atoms. The van der Waals surface area contributed by atoms with Crippen LogP contribution < -0.4 is 5.32 Å². The van der Waals surface area contributed by atoms with Crippen molar-refractivity contribution in [3.63, 3.8) is 0 Å². The summed E-state index contributed by atoms with van der Waals surface area (Å²) >= 11 is 0. The van der Waals surface area contributed by atoms with E-state index in [1.54, 1.807) is 6.20 Å². The summed E-state index contributed by atoms with van der Waals surface area (Å²) in [5.41, 5.74) is 1.11. The molecule has 0 fully saturated rings. The van der Waals surface area contributed by atoms with Gasteiger partial charge in [0.15, 0.2) is 0 Å². The molecule has 1 aromatic carbocycles. The Labute approximate surface area is 101 Å². The number of benzene rings is 1. The largest absolute Gasteiger partial charge is 0.367 e. The molecule has 17 heavy (non-hydrogen) atoms. The lowest BCUT2D eigenvalue weighted by Gasteiger charge is -2.14. The second kappa shape index (κ2) is 5.43. The standard InChI is InChI=1S/C14H15FN2/c1-11(17-14-4-2-3-9-16-14)10-12-5-7-13(15)8-6-12/h2-9,11H,10H2,1H3,(H,16,17). The highest BCUT2D eigenvalue weighted by atomic mass is 19.1. The van der Waals surface area contributed by atoms with E-state index in [9.17, 15) is 4.39 Å². The summed E-state index contributed by atoms with van der Waals surface area (Å²) in [5.74, 6) is 0.668. The van der Waals surface area contributed by atoms with Gasteiger partial charge in [0, 0.05) is 12.2 Å². The quantitative estimate of drug-likeness (QED) is 0.872. The number of rotatable bonds is 4. The van der Waals surface area contributed by atoms with E-state index in [4.69, 9.17) is 0 Å². The van der Waals surface area contributed by atoms with Crippen LogP contribution in [0.1, 0.15) is 12.5 Å². The number of halogens is 1. The molecule has 2 aromatic rings. The zero-order chi connectivity index (χ0) is 12.1. The molecule has 0 spiro atoms. The van der Waals surface area contributed by atoms with Crippen LogP contribution in [0.15, 0.2) is 48.7 Å². The lowest BCUT2D eigenvalue weighted by Crippen LogP contribution is -2.18. The van der Waals surface area contributed by atoms with Gasteiger partial charge in [-0.15, -0.1) is 0 Å². The van der Waals surface area contributed by atoms with Crippen LogP contribution in [-0.4, -0.2) is 11.0 Å². The predicted molar refractivity (Wildman–Crippen MR) is 67.4 cm³/mol. The maximum absolute atomic E-state index is 12.7. The van der Waals surface area contributed by atoms with Gasteiger partial charge in [0.25, 0.3) is 0 Å². The maximum Gasteiger partial charge on any atom is 0.126 e. The summed E-state index contributed by atoms with van der Waals surface area (Å²) in [7, 11) is 0. The lowest BCUT2D eigenvalue weighted by atomic mass is 10.1. The van der Waals surface area contributed by atoms with Crippen molar-refractivity contribution in [2.45, 2.75) is 19.4 Å². The van der Waals surface area contributed by atoms with Gasteiger partial charge in [-0.25, -0.2) is 9.37 Å². The van der Waals surface area contributed by atoms with Crippen LogP contribution in [-0.2, 0) is 6.42 Å². The van der Waals surface area contributed by atoms with E-state index in [1.165, 1.54) is 12.1 Å². The minimum absolute atomic E-state index is 0.195. The molecule has 0 radical (unpaired) electrons. The van der Waals surface area contributed by atoms with Gasteiger partial charge in [-0.2, -0.15) is 0 Å². The third kappa shape index (κ3) is 3.55.